The number of benzene rings is 1. The molecule has 0 fully saturated rings. The number of fused-ring (bicyclic) bond motifs is 1. The van der Waals surface area contributed by atoms with Gasteiger partial charge in [-0.25, -0.2) is 0 Å². The Morgan fingerprint density at radius 2 is 2.00 bits per heavy atom. The Morgan fingerprint density at radius 3 is 2.59 bits per heavy atom. The first-order valence-electron chi connectivity index (χ1n) is 5.19. The Kier molecular flexibility index (Phi) is 7.08. The first-order valence-corrected chi connectivity index (χ1v) is 5.98. The van der Waals surface area contributed by atoms with E-state index in [1.807, 2.05) is 18.2 Å². The number of carbonyl (C=O) groups is 1. The van der Waals surface area contributed by atoms with Crippen LogP contribution < -0.4 is 34.5 Å². The zero-order valence-corrected chi connectivity index (χ0v) is 13.5. The van der Waals surface area contributed by atoms with E-state index in [0.29, 0.717) is 12.5 Å². The number of anilines is 1. The Morgan fingerprint density at radius 1 is 1.35 bits per heavy atom. The van der Waals surface area contributed by atoms with Crippen LogP contribution in [-0.2, 0) is 0 Å². The smallest absolute Gasteiger partial charge is 0.368 e. The largest absolute Gasteiger partial charge is 1.00 e. The molecule has 2 nitrogen and oxygen atoms in total. The van der Waals surface area contributed by atoms with E-state index in [-0.39, 0.29) is 43.8 Å². The van der Waals surface area contributed by atoms with E-state index in [1.165, 1.54) is 0 Å². The molecule has 1 aliphatic heterocycles. The summed E-state index contributed by atoms with van der Waals surface area (Å²) in [6.07, 6.45) is 0.632. The topological polar surface area (TPSA) is 20.3 Å². The zero-order valence-electron chi connectivity index (χ0n) is 9.96. The Hall–Kier alpha value is 0.235. The van der Waals surface area contributed by atoms with Gasteiger partial charge in [0.1, 0.15) is 0 Å². The van der Waals surface area contributed by atoms with E-state index in [0.717, 1.165) is 22.3 Å². The molecule has 17 heavy (non-hydrogen) atoms. The van der Waals surface area contributed by atoms with Crippen molar-refractivity contribution in [1.29, 1.82) is 0 Å². The fourth-order valence-electron chi connectivity index (χ4n) is 1.99. The van der Waals surface area contributed by atoms with Gasteiger partial charge in [-0.05, 0) is 32.0 Å². The van der Waals surface area contributed by atoms with Gasteiger partial charge in [-0.15, -0.1) is 0 Å². The van der Waals surface area contributed by atoms with Gasteiger partial charge in [0.15, 0.2) is 5.78 Å². The van der Waals surface area contributed by atoms with Crippen molar-refractivity contribution in [2.24, 2.45) is 0 Å². The summed E-state index contributed by atoms with van der Waals surface area (Å²) in [5.41, 5.74) is 1.92. The second-order valence-electron chi connectivity index (χ2n) is 4.12. The van der Waals surface area contributed by atoms with Gasteiger partial charge in [0.05, 0.1) is 0 Å². The predicted molar refractivity (Wildman–Crippen MR) is 76.9 cm³/mol. The molecule has 1 aromatic carbocycles. The Labute approximate surface area is 135 Å². The minimum Gasteiger partial charge on any atom is -0.368 e. The number of Topliss-reactive ketones (excluding diaryl/α,β-unsaturated/α-hetero) is 1. The van der Waals surface area contributed by atoms with Crippen LogP contribution in [0.4, 0.5) is 5.69 Å². The molecule has 0 saturated carbocycles. The van der Waals surface area contributed by atoms with Gasteiger partial charge < -0.3 is 4.90 Å². The number of hydrogen-bond donors (Lipinski definition) is 0. The van der Waals surface area contributed by atoms with Gasteiger partial charge in [-0.3, -0.25) is 4.79 Å². The molecule has 0 unspecified atom stereocenters. The molecule has 0 aliphatic carbocycles. The van der Waals surface area contributed by atoms with Crippen molar-refractivity contribution in [2.75, 3.05) is 11.4 Å². The number of halogens is 1. The van der Waals surface area contributed by atoms with Crippen molar-refractivity contribution in [2.45, 2.75) is 26.3 Å². The minimum absolute atomic E-state index is 0. The normalized spacial score (nSPS) is 13.9. The first kappa shape index (κ1) is 17.2. The quantitative estimate of drug-likeness (QED) is 0.608. The van der Waals surface area contributed by atoms with Crippen molar-refractivity contribution in [3.63, 3.8) is 0 Å². The molecule has 0 N–H and O–H groups in total. The van der Waals surface area contributed by atoms with Crippen LogP contribution in [0.1, 0.15) is 30.6 Å². The van der Waals surface area contributed by atoms with Crippen LogP contribution in [0.15, 0.2) is 22.7 Å². The van der Waals surface area contributed by atoms with E-state index >= 15 is 0 Å². The SMILES string of the molecule is CC(C)N1CCC(=O)c2ccc(Br)cc21.[BH4-].[Na+]. The van der Waals surface area contributed by atoms with Crippen molar-refractivity contribution in [3.05, 3.63) is 28.2 Å². The monoisotopic (exact) mass is 305 g/mol. The fraction of sp³-hybridized carbons (Fsp3) is 0.417. The summed E-state index contributed by atoms with van der Waals surface area (Å²) in [6.45, 7) is 5.14. The summed E-state index contributed by atoms with van der Waals surface area (Å²) in [6, 6.07) is 6.31. The fourth-order valence-corrected chi connectivity index (χ4v) is 2.34. The molecule has 0 saturated heterocycles. The molecule has 0 spiro atoms. The molecule has 2 rings (SSSR count). The molecule has 0 bridgehead atoms. The molecule has 0 aromatic heterocycles. The summed E-state index contributed by atoms with van der Waals surface area (Å²) in [5.74, 6) is 0.259. The molecular weight excluding hydrogens is 288 g/mol. The standard InChI is InChI=1S/C12H14BrNO.BH4.Na/c1-8(2)14-6-5-12(15)10-4-3-9(13)7-11(10)14;;/h3-4,7-8H,5-6H2,1-2H3;1H4;/q;-1;+1. The third kappa shape index (κ3) is 3.60. The zero-order chi connectivity index (χ0) is 11.0. The maximum atomic E-state index is 11.7. The van der Waals surface area contributed by atoms with Crippen LogP contribution in [-0.4, -0.2) is 26.8 Å². The third-order valence-corrected chi connectivity index (χ3v) is 3.27. The van der Waals surface area contributed by atoms with Gasteiger partial charge in [0, 0.05) is 34.7 Å². The molecule has 0 radical (unpaired) electrons. The van der Waals surface area contributed by atoms with Gasteiger partial charge >= 0.3 is 29.6 Å². The van der Waals surface area contributed by atoms with Gasteiger partial charge in [0.2, 0.25) is 0 Å². The van der Waals surface area contributed by atoms with Crippen LogP contribution in [0.25, 0.3) is 0 Å². The molecule has 5 heteroatoms. The predicted octanol–water partition coefficient (Wildman–Crippen LogP) is -1.20. The second kappa shape index (κ2) is 6.98. The van der Waals surface area contributed by atoms with E-state index in [9.17, 15) is 4.79 Å². The maximum absolute atomic E-state index is 11.7. The van der Waals surface area contributed by atoms with Crippen LogP contribution in [0.5, 0.6) is 0 Å². The number of hydrogen-bond acceptors (Lipinski definition) is 2. The molecule has 88 valence electrons. The number of carbonyl (C=O) groups excluding carboxylic acids is 1. The van der Waals surface area contributed by atoms with E-state index in [4.69, 9.17) is 0 Å². The van der Waals surface area contributed by atoms with Crippen LogP contribution >= 0.6 is 15.9 Å². The molecule has 0 atom stereocenters. The molecule has 1 aromatic rings. The third-order valence-electron chi connectivity index (χ3n) is 2.77. The average Bonchev–Trinajstić information content (AvgIpc) is 2.17. The van der Waals surface area contributed by atoms with Crippen molar-refractivity contribution >= 4 is 35.8 Å². The molecule has 1 aliphatic rings. The Balaban J connectivity index is 0.00000128. The maximum Gasteiger partial charge on any atom is 1.00 e. The second-order valence-corrected chi connectivity index (χ2v) is 5.04. The molecule has 0 amide bonds. The van der Waals surface area contributed by atoms with Crippen molar-refractivity contribution < 1.29 is 34.4 Å². The summed E-state index contributed by atoms with van der Waals surface area (Å²) in [5, 5.41) is 0. The van der Waals surface area contributed by atoms with Gasteiger partial charge in [-0.2, -0.15) is 0 Å². The number of rotatable bonds is 1. The molecule has 1 heterocycles. The van der Waals surface area contributed by atoms with Crippen molar-refractivity contribution in [3.8, 4) is 0 Å². The van der Waals surface area contributed by atoms with Crippen LogP contribution in [0.3, 0.4) is 0 Å². The summed E-state index contributed by atoms with van der Waals surface area (Å²) in [7, 11) is 0. The van der Waals surface area contributed by atoms with E-state index in [2.05, 4.69) is 34.7 Å². The molecular formula is C12H18BBrNNaO. The van der Waals surface area contributed by atoms with Crippen LogP contribution in [0, 0.1) is 0 Å². The summed E-state index contributed by atoms with van der Waals surface area (Å²) >= 11 is 3.45. The summed E-state index contributed by atoms with van der Waals surface area (Å²) in [4.78, 5) is 14.0. The average molecular weight is 306 g/mol. The van der Waals surface area contributed by atoms with Gasteiger partial charge in [-0.1, -0.05) is 24.3 Å². The van der Waals surface area contributed by atoms with Crippen molar-refractivity contribution in [1.82, 2.24) is 0 Å². The number of nitrogens with zero attached hydrogens (tertiary/aromatic N) is 1. The number of ketones is 1. The first-order chi connectivity index (χ1) is 7.09. The Bertz CT molecular complexity index is 411. The summed E-state index contributed by atoms with van der Waals surface area (Å²) < 4.78 is 1.03. The van der Waals surface area contributed by atoms with Gasteiger partial charge in [0.25, 0.3) is 0 Å². The van der Waals surface area contributed by atoms with Crippen LogP contribution in [0.2, 0.25) is 0 Å². The van der Waals surface area contributed by atoms with E-state index in [1.54, 1.807) is 0 Å². The minimum atomic E-state index is 0. The van der Waals surface area contributed by atoms with E-state index < -0.39 is 0 Å².